The number of carbonyl (C=O) groups is 1. The van der Waals surface area contributed by atoms with Crippen molar-refractivity contribution < 1.29 is 4.79 Å². The van der Waals surface area contributed by atoms with Gasteiger partial charge in [-0.1, -0.05) is 6.07 Å². The number of hydrogen-bond donors (Lipinski definition) is 0. The second-order valence-electron chi connectivity index (χ2n) is 5.78. The first-order chi connectivity index (χ1) is 9.34. The van der Waals surface area contributed by atoms with Crippen LogP contribution in [0.25, 0.3) is 0 Å². The molecule has 3 rings (SSSR count). The zero-order chi connectivity index (χ0) is 13.1. The Hall–Kier alpha value is -1.22. The van der Waals surface area contributed by atoms with E-state index in [1.165, 1.54) is 12.8 Å². The Bertz CT molecular complexity index is 432. The number of rotatable bonds is 4. The minimum atomic E-state index is 0.325. The number of nitrogens with zero attached hydrogens (tertiary/aromatic N) is 2. The van der Waals surface area contributed by atoms with Crippen LogP contribution in [-0.4, -0.2) is 34.8 Å². The molecule has 1 saturated carbocycles. The van der Waals surface area contributed by atoms with Crippen LogP contribution < -0.4 is 0 Å². The number of carbonyl (C=O) groups excluding carboxylic acids is 1. The quantitative estimate of drug-likeness (QED) is 0.831. The zero-order valence-corrected chi connectivity index (χ0v) is 11.4. The van der Waals surface area contributed by atoms with Crippen molar-refractivity contribution in [2.24, 2.45) is 5.92 Å². The molecule has 102 valence electrons. The second-order valence-corrected chi connectivity index (χ2v) is 5.78. The van der Waals surface area contributed by atoms with Crippen LogP contribution in [-0.2, 0) is 11.2 Å². The molecule has 2 unspecified atom stereocenters. The summed E-state index contributed by atoms with van der Waals surface area (Å²) in [7, 11) is 0. The molecular weight excluding hydrogens is 236 g/mol. The van der Waals surface area contributed by atoms with Crippen LogP contribution in [0, 0.1) is 5.92 Å². The minimum absolute atomic E-state index is 0.325. The second kappa shape index (κ2) is 5.83. The number of pyridine rings is 1. The van der Waals surface area contributed by atoms with Crippen molar-refractivity contribution in [3.63, 3.8) is 0 Å². The maximum absolute atomic E-state index is 11.9. The average Bonchev–Trinajstić information content (AvgIpc) is 3.05. The van der Waals surface area contributed by atoms with Gasteiger partial charge in [-0.15, -0.1) is 0 Å². The molecule has 0 aromatic carbocycles. The fraction of sp³-hybridized carbons (Fsp3) is 0.625. The van der Waals surface area contributed by atoms with Crippen LogP contribution in [0.1, 0.15) is 37.8 Å². The van der Waals surface area contributed by atoms with Gasteiger partial charge in [0.15, 0.2) is 0 Å². The van der Waals surface area contributed by atoms with Gasteiger partial charge < -0.3 is 0 Å². The van der Waals surface area contributed by atoms with Gasteiger partial charge in [0.1, 0.15) is 5.78 Å². The Morgan fingerprint density at radius 1 is 1.26 bits per heavy atom. The molecule has 1 aliphatic carbocycles. The third kappa shape index (κ3) is 2.86. The molecule has 0 spiro atoms. The summed E-state index contributed by atoms with van der Waals surface area (Å²) < 4.78 is 0. The summed E-state index contributed by atoms with van der Waals surface area (Å²) in [4.78, 5) is 18.9. The number of hydrogen-bond acceptors (Lipinski definition) is 3. The molecule has 0 bridgehead atoms. The number of ketones is 1. The lowest BCUT2D eigenvalue weighted by atomic mass is 9.95. The molecule has 2 atom stereocenters. The van der Waals surface area contributed by atoms with Crippen LogP contribution in [0.5, 0.6) is 0 Å². The van der Waals surface area contributed by atoms with Crippen molar-refractivity contribution in [1.29, 1.82) is 0 Å². The summed E-state index contributed by atoms with van der Waals surface area (Å²) in [5.74, 6) is 0.834. The van der Waals surface area contributed by atoms with E-state index in [4.69, 9.17) is 0 Å². The molecule has 1 aliphatic heterocycles. The van der Waals surface area contributed by atoms with Gasteiger partial charge in [0.25, 0.3) is 0 Å². The Morgan fingerprint density at radius 2 is 2.21 bits per heavy atom. The highest BCUT2D eigenvalue weighted by Gasteiger charge is 2.37. The van der Waals surface area contributed by atoms with Gasteiger partial charge in [-0.2, -0.15) is 0 Å². The molecule has 0 radical (unpaired) electrons. The molecule has 3 nitrogen and oxygen atoms in total. The summed E-state index contributed by atoms with van der Waals surface area (Å²) in [5, 5.41) is 0. The van der Waals surface area contributed by atoms with Crippen molar-refractivity contribution in [2.75, 3.05) is 13.1 Å². The van der Waals surface area contributed by atoms with Gasteiger partial charge in [0, 0.05) is 43.2 Å². The summed E-state index contributed by atoms with van der Waals surface area (Å²) in [6.07, 6.45) is 8.34. The predicted molar refractivity (Wildman–Crippen MR) is 74.9 cm³/mol. The molecule has 1 aromatic rings. The van der Waals surface area contributed by atoms with Gasteiger partial charge in [-0.05, 0) is 44.4 Å². The molecule has 2 heterocycles. The summed E-state index contributed by atoms with van der Waals surface area (Å²) in [6.45, 7) is 2.20. The van der Waals surface area contributed by atoms with Gasteiger partial charge in [-0.25, -0.2) is 0 Å². The van der Waals surface area contributed by atoms with Gasteiger partial charge in [-0.3, -0.25) is 14.7 Å². The molecule has 3 heteroatoms. The third-order valence-electron chi connectivity index (χ3n) is 4.61. The highest BCUT2D eigenvalue weighted by atomic mass is 16.1. The average molecular weight is 258 g/mol. The molecule has 1 aromatic heterocycles. The first-order valence-corrected chi connectivity index (χ1v) is 7.51. The highest BCUT2D eigenvalue weighted by molar-refractivity contribution is 5.83. The maximum Gasteiger partial charge on any atom is 0.137 e. The molecule has 19 heavy (non-hydrogen) atoms. The number of aromatic nitrogens is 1. The van der Waals surface area contributed by atoms with E-state index in [1.807, 2.05) is 18.3 Å². The van der Waals surface area contributed by atoms with E-state index in [0.29, 0.717) is 17.7 Å². The lowest BCUT2D eigenvalue weighted by Crippen LogP contribution is -2.38. The van der Waals surface area contributed by atoms with E-state index in [-0.39, 0.29) is 0 Å². The highest BCUT2D eigenvalue weighted by Crippen LogP contribution is 2.33. The van der Waals surface area contributed by atoms with Crippen molar-refractivity contribution in [1.82, 2.24) is 9.88 Å². The van der Waals surface area contributed by atoms with E-state index in [0.717, 1.165) is 44.5 Å². The number of Topliss-reactive ketones (excluding diaryl/α,β-unsaturated/α-hetero) is 1. The molecule has 1 saturated heterocycles. The van der Waals surface area contributed by atoms with E-state index in [2.05, 4.69) is 16.0 Å². The van der Waals surface area contributed by atoms with Gasteiger partial charge in [0.05, 0.1) is 0 Å². The maximum atomic E-state index is 11.9. The van der Waals surface area contributed by atoms with Gasteiger partial charge >= 0.3 is 0 Å². The van der Waals surface area contributed by atoms with Gasteiger partial charge in [0.2, 0.25) is 0 Å². The lowest BCUT2D eigenvalue weighted by molar-refractivity contribution is -0.122. The number of likely N-dealkylation sites (tertiary alicyclic amines) is 1. The molecule has 2 aliphatic rings. The largest absolute Gasteiger partial charge is 0.299 e. The van der Waals surface area contributed by atoms with E-state index < -0.39 is 0 Å². The predicted octanol–water partition coefficient (Wildman–Crippen LogP) is 2.46. The summed E-state index contributed by atoms with van der Waals surface area (Å²) >= 11 is 0. The molecule has 0 amide bonds. The topological polar surface area (TPSA) is 33.2 Å². The van der Waals surface area contributed by atoms with Crippen LogP contribution >= 0.6 is 0 Å². The third-order valence-corrected chi connectivity index (χ3v) is 4.61. The fourth-order valence-electron chi connectivity index (χ4n) is 3.64. The minimum Gasteiger partial charge on any atom is -0.299 e. The van der Waals surface area contributed by atoms with Crippen LogP contribution in [0.4, 0.5) is 0 Å². The SMILES string of the molecule is O=C1CCCC1C1CCCN1CCc1ccccn1. The van der Waals surface area contributed by atoms with Crippen LogP contribution in [0.3, 0.4) is 0 Å². The van der Waals surface area contributed by atoms with Crippen molar-refractivity contribution >= 4 is 5.78 Å². The van der Waals surface area contributed by atoms with Crippen LogP contribution in [0.15, 0.2) is 24.4 Å². The Morgan fingerprint density at radius 3 is 2.95 bits per heavy atom. The van der Waals surface area contributed by atoms with Crippen molar-refractivity contribution in [3.05, 3.63) is 30.1 Å². The fourth-order valence-corrected chi connectivity index (χ4v) is 3.64. The Kier molecular flexibility index (Phi) is 3.92. The summed E-state index contributed by atoms with van der Waals surface area (Å²) in [5.41, 5.74) is 1.16. The first kappa shape index (κ1) is 12.8. The smallest absolute Gasteiger partial charge is 0.137 e. The van der Waals surface area contributed by atoms with Crippen LogP contribution in [0.2, 0.25) is 0 Å². The Balaban J connectivity index is 1.59. The zero-order valence-electron chi connectivity index (χ0n) is 11.4. The molecule has 2 fully saturated rings. The standard InChI is InChI=1S/C16H22N2O/c19-16-8-3-6-14(16)15-7-4-11-18(15)12-9-13-5-1-2-10-17-13/h1-2,5,10,14-15H,3-4,6-9,11-12H2. The van der Waals surface area contributed by atoms with Crippen molar-refractivity contribution in [2.45, 2.75) is 44.6 Å². The monoisotopic (exact) mass is 258 g/mol. The summed E-state index contributed by atoms with van der Waals surface area (Å²) in [6, 6.07) is 6.61. The molecule has 0 N–H and O–H groups in total. The van der Waals surface area contributed by atoms with E-state index in [9.17, 15) is 4.79 Å². The molecular formula is C16H22N2O. The van der Waals surface area contributed by atoms with E-state index >= 15 is 0 Å². The van der Waals surface area contributed by atoms with E-state index in [1.54, 1.807) is 0 Å². The van der Waals surface area contributed by atoms with Crippen molar-refractivity contribution in [3.8, 4) is 0 Å². The Labute approximate surface area is 115 Å². The first-order valence-electron chi connectivity index (χ1n) is 7.51. The lowest BCUT2D eigenvalue weighted by Gasteiger charge is -2.28. The normalized spacial score (nSPS) is 28.1.